The first-order chi connectivity index (χ1) is 15.1. The van der Waals surface area contributed by atoms with Gasteiger partial charge in [-0.25, -0.2) is 18.0 Å². The van der Waals surface area contributed by atoms with E-state index in [1.807, 2.05) is 0 Å². The zero-order valence-electron chi connectivity index (χ0n) is 17.8. The van der Waals surface area contributed by atoms with Gasteiger partial charge in [0.25, 0.3) is 0 Å². The van der Waals surface area contributed by atoms with Crippen molar-refractivity contribution in [2.24, 2.45) is 0 Å². The van der Waals surface area contributed by atoms with E-state index in [4.69, 9.17) is 16.3 Å². The Balaban J connectivity index is 2.13. The molecule has 1 N–H and O–H groups in total. The van der Waals surface area contributed by atoms with Crippen LogP contribution in [0.4, 0.5) is 11.4 Å². The average Bonchev–Trinajstić information content (AvgIpc) is 2.74. The predicted molar refractivity (Wildman–Crippen MR) is 121 cm³/mol. The van der Waals surface area contributed by atoms with Crippen molar-refractivity contribution < 1.29 is 32.3 Å². The third-order valence-corrected chi connectivity index (χ3v) is 5.81. The van der Waals surface area contributed by atoms with Gasteiger partial charge in [-0.3, -0.25) is 9.10 Å². The molecule has 2 aromatic rings. The van der Waals surface area contributed by atoms with Gasteiger partial charge in [-0.1, -0.05) is 17.7 Å². The lowest BCUT2D eigenvalue weighted by Gasteiger charge is -2.22. The minimum Gasteiger partial charge on any atom is -0.465 e. The molecule has 2 rings (SSSR count). The van der Waals surface area contributed by atoms with Crippen molar-refractivity contribution in [1.82, 2.24) is 0 Å². The first-order valence-electron chi connectivity index (χ1n) is 9.40. The number of carbonyl (C=O) groups is 3. The maximum absolute atomic E-state index is 12.5. The predicted octanol–water partition coefficient (Wildman–Crippen LogP) is 3.10. The number of carbonyl (C=O) groups excluding carboxylic acids is 3. The minimum atomic E-state index is -3.60. The van der Waals surface area contributed by atoms with Crippen molar-refractivity contribution in [3.8, 4) is 0 Å². The van der Waals surface area contributed by atoms with Crippen LogP contribution in [0.5, 0.6) is 0 Å². The van der Waals surface area contributed by atoms with Crippen LogP contribution < -0.4 is 9.62 Å². The summed E-state index contributed by atoms with van der Waals surface area (Å²) >= 11 is 5.96. The molecule has 32 heavy (non-hydrogen) atoms. The van der Waals surface area contributed by atoms with Gasteiger partial charge < -0.3 is 14.8 Å². The Morgan fingerprint density at radius 2 is 1.72 bits per heavy atom. The molecule has 0 aliphatic rings. The Morgan fingerprint density at radius 3 is 2.31 bits per heavy atom. The van der Waals surface area contributed by atoms with E-state index in [1.165, 1.54) is 38.5 Å². The van der Waals surface area contributed by atoms with Gasteiger partial charge in [-0.05, 0) is 42.8 Å². The van der Waals surface area contributed by atoms with Crippen LogP contribution in [0.3, 0.4) is 0 Å². The quantitative estimate of drug-likeness (QED) is 0.545. The molecule has 0 radical (unpaired) electrons. The molecule has 0 aliphatic heterocycles. The van der Waals surface area contributed by atoms with Crippen LogP contribution in [0, 0.1) is 0 Å². The summed E-state index contributed by atoms with van der Waals surface area (Å²) < 4.78 is 34.9. The molecule has 0 saturated heterocycles. The fourth-order valence-corrected chi connectivity index (χ4v) is 4.04. The number of amides is 1. The summed E-state index contributed by atoms with van der Waals surface area (Å²) in [4.78, 5) is 36.2. The van der Waals surface area contributed by atoms with E-state index in [2.05, 4.69) is 10.1 Å². The van der Waals surface area contributed by atoms with Crippen LogP contribution in [0.25, 0.3) is 0 Å². The first-order valence-corrected chi connectivity index (χ1v) is 11.6. The highest BCUT2D eigenvalue weighted by Crippen LogP contribution is 2.23. The topological polar surface area (TPSA) is 119 Å². The summed E-state index contributed by atoms with van der Waals surface area (Å²) in [6.45, 7) is 0.0403. The molecule has 0 unspecified atom stereocenters. The van der Waals surface area contributed by atoms with Gasteiger partial charge in [-0.2, -0.15) is 0 Å². The molecule has 0 bridgehead atoms. The Hall–Kier alpha value is -3.11. The molecule has 0 fully saturated rings. The van der Waals surface area contributed by atoms with E-state index in [1.54, 1.807) is 18.2 Å². The van der Waals surface area contributed by atoms with Crippen LogP contribution in [0.15, 0.2) is 42.5 Å². The summed E-state index contributed by atoms with van der Waals surface area (Å²) in [5.74, 6) is -1.81. The summed E-state index contributed by atoms with van der Waals surface area (Å²) in [6, 6.07) is 10.4. The molecule has 0 aromatic heterocycles. The SMILES string of the molecule is COC(=O)c1ccc(C(=O)OC)c(NC(=O)CCCN(c2cccc(Cl)c2)S(C)(=O)=O)c1. The molecule has 11 heteroatoms. The van der Waals surface area contributed by atoms with Crippen LogP contribution in [-0.4, -0.2) is 53.3 Å². The summed E-state index contributed by atoms with van der Waals surface area (Å²) in [6.07, 6.45) is 1.21. The Labute approximate surface area is 191 Å². The molecule has 0 saturated carbocycles. The van der Waals surface area contributed by atoms with Gasteiger partial charge >= 0.3 is 11.9 Å². The van der Waals surface area contributed by atoms with Crippen LogP contribution >= 0.6 is 11.6 Å². The maximum atomic E-state index is 12.5. The number of nitrogens with one attached hydrogen (secondary N) is 1. The zero-order valence-corrected chi connectivity index (χ0v) is 19.3. The van der Waals surface area contributed by atoms with Crippen LogP contribution in [-0.2, 0) is 24.3 Å². The van der Waals surface area contributed by atoms with Gasteiger partial charge in [0, 0.05) is 18.0 Å². The summed E-state index contributed by atoms with van der Waals surface area (Å²) in [7, 11) is -1.20. The lowest BCUT2D eigenvalue weighted by Crippen LogP contribution is -2.31. The van der Waals surface area contributed by atoms with E-state index >= 15 is 0 Å². The molecule has 1 amide bonds. The Bertz CT molecular complexity index is 1120. The Morgan fingerprint density at radius 1 is 1.03 bits per heavy atom. The second kappa shape index (κ2) is 11.0. The fourth-order valence-electron chi connectivity index (χ4n) is 2.89. The number of anilines is 2. The highest BCUT2D eigenvalue weighted by atomic mass is 35.5. The van der Waals surface area contributed by atoms with Crippen LogP contribution in [0.2, 0.25) is 5.02 Å². The normalized spacial score (nSPS) is 10.9. The number of hydrogen-bond donors (Lipinski definition) is 1. The molecule has 2 aromatic carbocycles. The van der Waals surface area contributed by atoms with Gasteiger partial charge in [0.1, 0.15) is 0 Å². The van der Waals surface area contributed by atoms with Crippen molar-refractivity contribution in [1.29, 1.82) is 0 Å². The van der Waals surface area contributed by atoms with Crippen molar-refractivity contribution in [3.63, 3.8) is 0 Å². The Kier molecular flexibility index (Phi) is 8.62. The number of hydrogen-bond acceptors (Lipinski definition) is 7. The minimum absolute atomic E-state index is 0.0403. The fraction of sp³-hybridized carbons (Fsp3) is 0.286. The first kappa shape index (κ1) is 25.2. The summed E-state index contributed by atoms with van der Waals surface area (Å²) in [5, 5.41) is 2.95. The monoisotopic (exact) mass is 482 g/mol. The lowest BCUT2D eigenvalue weighted by atomic mass is 10.1. The third kappa shape index (κ3) is 6.69. The van der Waals surface area contributed by atoms with Crippen molar-refractivity contribution in [3.05, 3.63) is 58.6 Å². The smallest absolute Gasteiger partial charge is 0.339 e. The number of nitrogens with zero attached hydrogens (tertiary/aromatic N) is 1. The maximum Gasteiger partial charge on any atom is 0.339 e. The van der Waals surface area contributed by atoms with Gasteiger partial charge in [0.15, 0.2) is 0 Å². The largest absolute Gasteiger partial charge is 0.465 e. The van der Waals surface area contributed by atoms with Gasteiger partial charge in [0.05, 0.1) is 43.0 Å². The van der Waals surface area contributed by atoms with Crippen molar-refractivity contribution >= 4 is 50.8 Å². The van der Waals surface area contributed by atoms with Crippen LogP contribution in [0.1, 0.15) is 33.6 Å². The van der Waals surface area contributed by atoms with Crippen molar-refractivity contribution in [2.75, 3.05) is 36.6 Å². The molecular formula is C21H23ClN2O7S. The standard InChI is InChI=1S/C21H23ClN2O7S/c1-30-20(26)14-9-10-17(21(27)31-2)18(12-14)23-19(25)8-5-11-24(32(3,28)29)16-7-4-6-15(22)13-16/h4,6-7,9-10,12-13H,5,8,11H2,1-3H3,(H,23,25). The number of benzene rings is 2. The van der Waals surface area contributed by atoms with E-state index in [-0.39, 0.29) is 36.2 Å². The van der Waals surface area contributed by atoms with E-state index in [0.29, 0.717) is 10.7 Å². The highest BCUT2D eigenvalue weighted by molar-refractivity contribution is 7.92. The third-order valence-electron chi connectivity index (χ3n) is 4.38. The van der Waals surface area contributed by atoms with E-state index in [9.17, 15) is 22.8 Å². The highest BCUT2D eigenvalue weighted by Gasteiger charge is 2.20. The number of methoxy groups -OCH3 is 2. The summed E-state index contributed by atoms with van der Waals surface area (Å²) in [5.41, 5.74) is 0.670. The molecule has 0 atom stereocenters. The molecule has 0 heterocycles. The number of halogens is 1. The molecule has 0 spiro atoms. The molecular weight excluding hydrogens is 460 g/mol. The number of esters is 2. The molecule has 9 nitrogen and oxygen atoms in total. The number of sulfonamides is 1. The second-order valence-corrected chi connectivity index (χ2v) is 9.05. The van der Waals surface area contributed by atoms with Crippen molar-refractivity contribution in [2.45, 2.75) is 12.8 Å². The molecule has 172 valence electrons. The number of rotatable bonds is 9. The average molecular weight is 483 g/mol. The van der Waals surface area contributed by atoms with E-state index < -0.39 is 27.9 Å². The van der Waals surface area contributed by atoms with Gasteiger partial charge in [-0.15, -0.1) is 0 Å². The van der Waals surface area contributed by atoms with E-state index in [0.717, 1.165) is 10.6 Å². The van der Waals surface area contributed by atoms with Gasteiger partial charge in [0.2, 0.25) is 15.9 Å². The number of ether oxygens (including phenoxy) is 2. The zero-order chi connectivity index (χ0) is 23.9. The second-order valence-electron chi connectivity index (χ2n) is 6.71. The lowest BCUT2D eigenvalue weighted by molar-refractivity contribution is -0.116. The molecule has 0 aliphatic carbocycles.